The van der Waals surface area contributed by atoms with Gasteiger partial charge < -0.3 is 9.52 Å². The van der Waals surface area contributed by atoms with E-state index < -0.39 is 0 Å². The third kappa shape index (κ3) is 1.32. The van der Waals surface area contributed by atoms with Gasteiger partial charge in [-0.15, -0.1) is 0 Å². The molecular weight excluding hydrogens is 188 g/mol. The molecule has 0 atom stereocenters. The Morgan fingerprint density at radius 1 is 1.46 bits per heavy atom. The first-order chi connectivity index (χ1) is 6.22. The number of halogens is 1. The Kier molecular flexibility index (Phi) is 2.02. The van der Waals surface area contributed by atoms with Crippen molar-refractivity contribution in [3.8, 4) is 0 Å². The Labute approximate surface area is 80.7 Å². The van der Waals surface area contributed by atoms with Crippen LogP contribution in [0.1, 0.15) is 11.1 Å². The summed E-state index contributed by atoms with van der Waals surface area (Å²) >= 11 is 5.89. The molecule has 0 radical (unpaired) electrons. The number of rotatable bonds is 1. The molecule has 1 heterocycles. The summed E-state index contributed by atoms with van der Waals surface area (Å²) in [5.74, 6) is 0. The van der Waals surface area contributed by atoms with E-state index >= 15 is 0 Å². The second kappa shape index (κ2) is 3.05. The molecule has 68 valence electrons. The van der Waals surface area contributed by atoms with Crippen LogP contribution in [0.3, 0.4) is 0 Å². The summed E-state index contributed by atoms with van der Waals surface area (Å²) in [7, 11) is 0. The molecule has 0 bridgehead atoms. The maximum atomic E-state index is 9.00. The van der Waals surface area contributed by atoms with Crippen LogP contribution in [0, 0.1) is 6.92 Å². The van der Waals surface area contributed by atoms with E-state index in [4.69, 9.17) is 21.1 Å². The van der Waals surface area contributed by atoms with E-state index in [2.05, 4.69) is 0 Å². The van der Waals surface area contributed by atoms with Crippen LogP contribution < -0.4 is 0 Å². The number of fused-ring (bicyclic) bond motifs is 1. The fraction of sp³-hybridized carbons (Fsp3) is 0.200. The number of furan rings is 1. The summed E-state index contributed by atoms with van der Waals surface area (Å²) in [5, 5.41) is 10.6. The van der Waals surface area contributed by atoms with E-state index in [1.165, 1.54) is 0 Å². The molecule has 1 aromatic carbocycles. The van der Waals surface area contributed by atoms with Gasteiger partial charge in [0, 0.05) is 16.0 Å². The lowest BCUT2D eigenvalue weighted by Gasteiger charge is -1.96. The summed E-state index contributed by atoms with van der Waals surface area (Å²) in [6.07, 6.45) is 1.56. The number of hydrogen-bond donors (Lipinski definition) is 1. The number of benzene rings is 1. The summed E-state index contributed by atoms with van der Waals surface area (Å²) in [5.41, 5.74) is 2.57. The zero-order chi connectivity index (χ0) is 9.42. The average molecular weight is 197 g/mol. The van der Waals surface area contributed by atoms with Gasteiger partial charge in [-0.2, -0.15) is 0 Å². The Bertz CT molecular complexity index is 445. The van der Waals surface area contributed by atoms with Crippen LogP contribution in [-0.4, -0.2) is 5.11 Å². The van der Waals surface area contributed by atoms with E-state index in [0.717, 1.165) is 22.1 Å². The molecule has 0 aliphatic heterocycles. The second-order valence-corrected chi connectivity index (χ2v) is 3.45. The fourth-order valence-corrected chi connectivity index (χ4v) is 1.71. The second-order valence-electron chi connectivity index (χ2n) is 3.02. The largest absolute Gasteiger partial charge is 0.464 e. The third-order valence-electron chi connectivity index (χ3n) is 2.07. The van der Waals surface area contributed by atoms with Crippen LogP contribution in [-0.2, 0) is 6.61 Å². The molecule has 0 saturated carbocycles. The molecule has 2 rings (SSSR count). The predicted molar refractivity (Wildman–Crippen MR) is 51.9 cm³/mol. The van der Waals surface area contributed by atoms with Crippen LogP contribution in [0.5, 0.6) is 0 Å². The van der Waals surface area contributed by atoms with Crippen molar-refractivity contribution in [2.45, 2.75) is 13.5 Å². The molecule has 2 aromatic rings. The third-order valence-corrected chi connectivity index (χ3v) is 2.29. The first-order valence-corrected chi connectivity index (χ1v) is 4.37. The molecule has 0 amide bonds. The molecule has 3 heteroatoms. The van der Waals surface area contributed by atoms with Crippen LogP contribution in [0.4, 0.5) is 0 Å². The average Bonchev–Trinajstić information content (AvgIpc) is 2.47. The van der Waals surface area contributed by atoms with E-state index in [-0.39, 0.29) is 6.61 Å². The van der Waals surface area contributed by atoms with Gasteiger partial charge in [-0.05, 0) is 24.6 Å². The first-order valence-electron chi connectivity index (χ1n) is 3.99. The molecule has 0 fully saturated rings. The van der Waals surface area contributed by atoms with Gasteiger partial charge >= 0.3 is 0 Å². The quantitative estimate of drug-likeness (QED) is 0.761. The summed E-state index contributed by atoms with van der Waals surface area (Å²) in [4.78, 5) is 0. The van der Waals surface area contributed by atoms with E-state index in [1.807, 2.05) is 13.0 Å². The SMILES string of the molecule is Cc1cc(Cl)cc2c(CO)coc12. The summed E-state index contributed by atoms with van der Waals surface area (Å²) < 4.78 is 5.31. The highest BCUT2D eigenvalue weighted by atomic mass is 35.5. The Morgan fingerprint density at radius 3 is 2.92 bits per heavy atom. The van der Waals surface area contributed by atoms with Crippen molar-refractivity contribution in [3.63, 3.8) is 0 Å². The van der Waals surface area contributed by atoms with Crippen molar-refractivity contribution < 1.29 is 9.52 Å². The number of aryl methyl sites for hydroxylation is 1. The molecule has 2 nitrogen and oxygen atoms in total. The van der Waals surface area contributed by atoms with Crippen LogP contribution in [0.15, 0.2) is 22.8 Å². The van der Waals surface area contributed by atoms with Crippen LogP contribution >= 0.6 is 11.6 Å². The Morgan fingerprint density at radius 2 is 2.23 bits per heavy atom. The molecule has 0 saturated heterocycles. The van der Waals surface area contributed by atoms with Gasteiger partial charge in [0.1, 0.15) is 5.58 Å². The minimum Gasteiger partial charge on any atom is -0.464 e. The molecule has 0 spiro atoms. The van der Waals surface area contributed by atoms with Gasteiger partial charge in [-0.25, -0.2) is 0 Å². The van der Waals surface area contributed by atoms with Gasteiger partial charge in [0.25, 0.3) is 0 Å². The predicted octanol–water partition coefficient (Wildman–Crippen LogP) is 2.89. The number of aliphatic hydroxyl groups is 1. The van der Waals surface area contributed by atoms with Crippen LogP contribution in [0.25, 0.3) is 11.0 Å². The van der Waals surface area contributed by atoms with Gasteiger partial charge in [0.2, 0.25) is 0 Å². The zero-order valence-electron chi connectivity index (χ0n) is 7.17. The van der Waals surface area contributed by atoms with Crippen LogP contribution in [0.2, 0.25) is 5.02 Å². The molecule has 1 N–H and O–H groups in total. The lowest BCUT2D eigenvalue weighted by Crippen LogP contribution is -1.80. The van der Waals surface area contributed by atoms with E-state index in [0.29, 0.717) is 5.02 Å². The maximum Gasteiger partial charge on any atom is 0.137 e. The van der Waals surface area contributed by atoms with Crippen molar-refractivity contribution in [3.05, 3.63) is 34.5 Å². The standard InChI is InChI=1S/C10H9ClO2/c1-6-2-8(11)3-9-7(4-12)5-13-10(6)9/h2-3,5,12H,4H2,1H3. The van der Waals surface area contributed by atoms with E-state index in [1.54, 1.807) is 12.3 Å². The first kappa shape index (κ1) is 8.60. The van der Waals surface area contributed by atoms with Crippen molar-refractivity contribution in [1.29, 1.82) is 0 Å². The highest BCUT2D eigenvalue weighted by molar-refractivity contribution is 6.31. The van der Waals surface area contributed by atoms with E-state index in [9.17, 15) is 0 Å². The van der Waals surface area contributed by atoms with Crippen molar-refractivity contribution >= 4 is 22.6 Å². The molecule has 0 aliphatic carbocycles. The van der Waals surface area contributed by atoms with Crippen molar-refractivity contribution in [2.75, 3.05) is 0 Å². The monoisotopic (exact) mass is 196 g/mol. The smallest absolute Gasteiger partial charge is 0.137 e. The van der Waals surface area contributed by atoms with Gasteiger partial charge in [0.05, 0.1) is 12.9 Å². The van der Waals surface area contributed by atoms with Gasteiger partial charge in [-0.3, -0.25) is 0 Å². The number of aliphatic hydroxyl groups excluding tert-OH is 1. The molecule has 0 aliphatic rings. The molecule has 1 aromatic heterocycles. The van der Waals surface area contributed by atoms with Gasteiger partial charge in [0.15, 0.2) is 0 Å². The topological polar surface area (TPSA) is 33.4 Å². The Hall–Kier alpha value is -0.990. The minimum atomic E-state index is -0.0210. The fourth-order valence-electron chi connectivity index (χ4n) is 1.44. The zero-order valence-corrected chi connectivity index (χ0v) is 7.93. The van der Waals surface area contributed by atoms with Crippen molar-refractivity contribution in [2.24, 2.45) is 0 Å². The normalized spacial score (nSPS) is 11.0. The molecular formula is C10H9ClO2. The molecule has 0 unspecified atom stereocenters. The Balaban J connectivity index is 2.82. The minimum absolute atomic E-state index is 0.0210. The molecule has 13 heavy (non-hydrogen) atoms. The summed E-state index contributed by atoms with van der Waals surface area (Å²) in [6, 6.07) is 3.65. The number of hydrogen-bond acceptors (Lipinski definition) is 2. The summed E-state index contributed by atoms with van der Waals surface area (Å²) in [6.45, 7) is 1.91. The lowest BCUT2D eigenvalue weighted by atomic mass is 10.1. The highest BCUT2D eigenvalue weighted by Crippen LogP contribution is 2.27. The lowest BCUT2D eigenvalue weighted by molar-refractivity contribution is 0.281. The maximum absolute atomic E-state index is 9.00. The van der Waals surface area contributed by atoms with Crippen molar-refractivity contribution in [1.82, 2.24) is 0 Å². The van der Waals surface area contributed by atoms with Gasteiger partial charge in [-0.1, -0.05) is 11.6 Å². The highest BCUT2D eigenvalue weighted by Gasteiger charge is 2.07.